The van der Waals surface area contributed by atoms with Gasteiger partial charge in [0.1, 0.15) is 11.5 Å². The van der Waals surface area contributed by atoms with Gasteiger partial charge in [-0.3, -0.25) is 4.98 Å². The molecule has 2 aromatic rings. The van der Waals surface area contributed by atoms with Crippen molar-refractivity contribution < 1.29 is 8.78 Å². The van der Waals surface area contributed by atoms with Crippen LogP contribution in [0.25, 0.3) is 11.3 Å². The van der Waals surface area contributed by atoms with E-state index in [1.165, 1.54) is 6.20 Å². The smallest absolute Gasteiger partial charge is 0.223 e. The van der Waals surface area contributed by atoms with Crippen molar-refractivity contribution in [1.29, 1.82) is 0 Å². The third-order valence-corrected chi connectivity index (χ3v) is 1.88. The summed E-state index contributed by atoms with van der Waals surface area (Å²) in [4.78, 5) is 10.7. The van der Waals surface area contributed by atoms with Crippen LogP contribution in [-0.4, -0.2) is 15.0 Å². The van der Waals surface area contributed by atoms with Gasteiger partial charge in [-0.15, -0.1) is 0 Å². The van der Waals surface area contributed by atoms with Crippen molar-refractivity contribution in [2.75, 3.05) is 0 Å². The lowest BCUT2D eigenvalue weighted by Gasteiger charge is -2.01. The zero-order valence-corrected chi connectivity index (χ0v) is 8.04. The molecule has 15 heavy (non-hydrogen) atoms. The Morgan fingerprint density at radius 2 is 1.93 bits per heavy atom. The van der Waals surface area contributed by atoms with Crippen molar-refractivity contribution in [2.24, 2.45) is 0 Å². The number of hydrogen-bond acceptors (Lipinski definition) is 3. The molecule has 0 spiro atoms. The molecule has 76 valence electrons. The largest absolute Gasteiger partial charge is 0.261 e. The second kappa shape index (κ2) is 3.86. The van der Waals surface area contributed by atoms with Crippen molar-refractivity contribution in [3.05, 3.63) is 41.6 Å². The molecule has 0 aromatic carbocycles. The zero-order chi connectivity index (χ0) is 10.8. The van der Waals surface area contributed by atoms with Gasteiger partial charge in [0.15, 0.2) is 5.82 Å². The normalized spacial score (nSPS) is 10.3. The van der Waals surface area contributed by atoms with Gasteiger partial charge in [0.2, 0.25) is 5.28 Å². The highest BCUT2D eigenvalue weighted by Gasteiger charge is 2.09. The van der Waals surface area contributed by atoms with Gasteiger partial charge in [-0.05, 0) is 17.7 Å². The van der Waals surface area contributed by atoms with E-state index in [0.717, 1.165) is 18.5 Å². The first-order chi connectivity index (χ1) is 7.16. The minimum absolute atomic E-state index is 0.0676. The van der Waals surface area contributed by atoms with Crippen LogP contribution in [0, 0.1) is 11.6 Å². The van der Waals surface area contributed by atoms with E-state index in [9.17, 15) is 8.78 Å². The number of rotatable bonds is 1. The second-order valence-electron chi connectivity index (χ2n) is 2.73. The van der Waals surface area contributed by atoms with Crippen LogP contribution in [0.2, 0.25) is 5.28 Å². The Morgan fingerprint density at radius 3 is 2.67 bits per heavy atom. The van der Waals surface area contributed by atoms with E-state index in [4.69, 9.17) is 11.6 Å². The van der Waals surface area contributed by atoms with Crippen LogP contribution in [0.5, 0.6) is 0 Å². The van der Waals surface area contributed by atoms with Gasteiger partial charge in [0.05, 0.1) is 12.4 Å². The fourth-order valence-corrected chi connectivity index (χ4v) is 1.22. The topological polar surface area (TPSA) is 38.7 Å². The zero-order valence-electron chi connectivity index (χ0n) is 7.28. The van der Waals surface area contributed by atoms with E-state index in [1.807, 2.05) is 0 Å². The predicted molar refractivity (Wildman–Crippen MR) is 50.2 cm³/mol. The molecule has 3 nitrogen and oxygen atoms in total. The standard InChI is InChI=1S/C9H4ClF2N3/c10-9-14-4-7(12)8(15-9)5-1-6(11)3-13-2-5/h1-4H. The van der Waals surface area contributed by atoms with Gasteiger partial charge in [0.25, 0.3) is 0 Å². The maximum absolute atomic E-state index is 13.3. The van der Waals surface area contributed by atoms with Crippen LogP contribution >= 0.6 is 11.6 Å². The maximum Gasteiger partial charge on any atom is 0.223 e. The van der Waals surface area contributed by atoms with E-state index in [0.29, 0.717) is 0 Å². The number of nitrogens with zero attached hydrogens (tertiary/aromatic N) is 3. The number of halogens is 3. The Kier molecular flexibility index (Phi) is 2.55. The van der Waals surface area contributed by atoms with Crippen LogP contribution in [0.3, 0.4) is 0 Å². The Balaban J connectivity index is 2.58. The molecule has 2 aromatic heterocycles. The molecular formula is C9H4ClF2N3. The first-order valence-corrected chi connectivity index (χ1v) is 4.33. The summed E-state index contributed by atoms with van der Waals surface area (Å²) >= 11 is 5.50. The molecule has 0 saturated heterocycles. The molecule has 0 unspecified atom stereocenters. The molecule has 0 bridgehead atoms. The highest BCUT2D eigenvalue weighted by molar-refractivity contribution is 6.28. The molecule has 6 heteroatoms. The van der Waals surface area contributed by atoms with Crippen LogP contribution in [0.15, 0.2) is 24.7 Å². The predicted octanol–water partition coefficient (Wildman–Crippen LogP) is 2.47. The highest BCUT2D eigenvalue weighted by Crippen LogP contribution is 2.20. The molecule has 0 atom stereocenters. The third kappa shape index (κ3) is 2.07. The Bertz CT molecular complexity index is 504. The molecule has 0 fully saturated rings. The Morgan fingerprint density at radius 1 is 1.13 bits per heavy atom. The average Bonchev–Trinajstić information content (AvgIpc) is 2.22. The minimum Gasteiger partial charge on any atom is -0.261 e. The van der Waals surface area contributed by atoms with E-state index in [-0.39, 0.29) is 16.5 Å². The van der Waals surface area contributed by atoms with E-state index in [2.05, 4.69) is 15.0 Å². The summed E-state index contributed by atoms with van der Waals surface area (Å²) in [7, 11) is 0. The molecular weight excluding hydrogens is 224 g/mol. The summed E-state index contributed by atoms with van der Waals surface area (Å²) in [6.45, 7) is 0. The van der Waals surface area contributed by atoms with E-state index < -0.39 is 11.6 Å². The second-order valence-corrected chi connectivity index (χ2v) is 3.07. The van der Waals surface area contributed by atoms with Crippen LogP contribution in [0.4, 0.5) is 8.78 Å². The van der Waals surface area contributed by atoms with Crippen molar-refractivity contribution in [3.63, 3.8) is 0 Å². The number of aromatic nitrogens is 3. The van der Waals surface area contributed by atoms with Crippen molar-refractivity contribution in [1.82, 2.24) is 15.0 Å². The molecule has 0 N–H and O–H groups in total. The molecule has 0 aliphatic carbocycles. The SMILES string of the molecule is Fc1cncc(-c2nc(Cl)ncc2F)c1. The lowest BCUT2D eigenvalue weighted by Crippen LogP contribution is -1.93. The summed E-state index contributed by atoms with van der Waals surface area (Å²) < 4.78 is 26.1. The monoisotopic (exact) mass is 227 g/mol. The minimum atomic E-state index is -0.674. The lowest BCUT2D eigenvalue weighted by atomic mass is 10.2. The van der Waals surface area contributed by atoms with Crippen molar-refractivity contribution in [2.45, 2.75) is 0 Å². The van der Waals surface area contributed by atoms with Crippen LogP contribution < -0.4 is 0 Å². The number of hydrogen-bond donors (Lipinski definition) is 0. The van der Waals surface area contributed by atoms with Gasteiger partial charge in [0, 0.05) is 11.8 Å². The van der Waals surface area contributed by atoms with Gasteiger partial charge in [-0.25, -0.2) is 18.7 Å². The van der Waals surface area contributed by atoms with Crippen LogP contribution in [-0.2, 0) is 0 Å². The molecule has 0 saturated carbocycles. The molecule has 2 rings (SSSR count). The summed E-state index contributed by atoms with van der Waals surface area (Å²) in [6.07, 6.45) is 3.24. The van der Waals surface area contributed by atoms with Gasteiger partial charge in [-0.2, -0.15) is 0 Å². The fourth-order valence-electron chi connectivity index (χ4n) is 1.09. The van der Waals surface area contributed by atoms with Gasteiger partial charge in [-0.1, -0.05) is 0 Å². The van der Waals surface area contributed by atoms with Crippen LogP contribution in [0.1, 0.15) is 0 Å². The molecule has 0 aliphatic rings. The summed E-state index contributed by atoms with van der Waals surface area (Å²) in [5.41, 5.74) is 0.152. The number of pyridine rings is 1. The van der Waals surface area contributed by atoms with Crippen molar-refractivity contribution in [3.8, 4) is 11.3 Å². The first kappa shape index (κ1) is 9.92. The van der Waals surface area contributed by atoms with Crippen molar-refractivity contribution >= 4 is 11.6 Å². The maximum atomic E-state index is 13.3. The first-order valence-electron chi connectivity index (χ1n) is 3.96. The van der Waals surface area contributed by atoms with Gasteiger partial charge < -0.3 is 0 Å². The molecule has 2 heterocycles. The fraction of sp³-hybridized carbons (Fsp3) is 0. The molecule has 0 radical (unpaired) electrons. The average molecular weight is 228 g/mol. The summed E-state index contributed by atoms with van der Waals surface area (Å²) in [6, 6.07) is 1.12. The summed E-state index contributed by atoms with van der Waals surface area (Å²) in [5.74, 6) is -1.24. The Labute approximate surface area is 88.8 Å². The Hall–Kier alpha value is -1.62. The quantitative estimate of drug-likeness (QED) is 0.703. The van der Waals surface area contributed by atoms with E-state index >= 15 is 0 Å². The summed E-state index contributed by atoms with van der Waals surface area (Å²) in [5, 5.41) is -0.101. The molecule has 0 aliphatic heterocycles. The van der Waals surface area contributed by atoms with Gasteiger partial charge >= 0.3 is 0 Å². The lowest BCUT2D eigenvalue weighted by molar-refractivity contribution is 0.613. The van der Waals surface area contributed by atoms with E-state index in [1.54, 1.807) is 0 Å². The third-order valence-electron chi connectivity index (χ3n) is 1.69. The highest BCUT2D eigenvalue weighted by atomic mass is 35.5. The molecule has 0 amide bonds.